The summed E-state index contributed by atoms with van der Waals surface area (Å²) in [6.07, 6.45) is 9.01. The number of piperidine rings is 1. The minimum atomic E-state index is 0.299. The molecule has 1 spiro atoms. The van der Waals surface area contributed by atoms with Crippen LogP contribution in [-0.4, -0.2) is 42.6 Å². The SMILES string of the molecule is O=C(CC[C@H]1CCCCO1)N(Cc1ccsc1)[C@H]1CC12CCNCC2. The second-order valence-corrected chi connectivity index (χ2v) is 8.79. The molecule has 3 fully saturated rings. The number of amides is 1. The lowest BCUT2D eigenvalue weighted by molar-refractivity contribution is -0.134. The largest absolute Gasteiger partial charge is 0.378 e. The summed E-state index contributed by atoms with van der Waals surface area (Å²) in [5.41, 5.74) is 1.68. The first-order valence-corrected chi connectivity index (χ1v) is 10.8. The second-order valence-electron chi connectivity index (χ2n) is 8.01. The third kappa shape index (κ3) is 4.09. The van der Waals surface area contributed by atoms with Gasteiger partial charge in [0.1, 0.15) is 0 Å². The second kappa shape index (κ2) is 7.77. The van der Waals surface area contributed by atoms with Gasteiger partial charge in [-0.25, -0.2) is 0 Å². The number of rotatable bonds is 6. The van der Waals surface area contributed by atoms with E-state index in [2.05, 4.69) is 27.0 Å². The quantitative estimate of drug-likeness (QED) is 0.841. The highest BCUT2D eigenvalue weighted by Crippen LogP contribution is 2.56. The Morgan fingerprint density at radius 1 is 1.36 bits per heavy atom. The molecular weight excluding hydrogens is 332 g/mol. The van der Waals surface area contributed by atoms with Crippen molar-refractivity contribution in [3.05, 3.63) is 22.4 Å². The number of carbonyl (C=O) groups is 1. The molecule has 0 unspecified atom stereocenters. The molecule has 2 atom stereocenters. The van der Waals surface area contributed by atoms with Gasteiger partial charge in [0.2, 0.25) is 5.91 Å². The standard InChI is InChI=1S/C20H30N2O2S/c23-19(5-4-17-3-1-2-11-24-17)22(14-16-6-12-25-15-16)18-13-20(18)7-9-21-10-8-20/h6,12,15,17-18,21H,1-5,7-11,13-14H2/t17-,18+/m1/s1. The number of nitrogens with one attached hydrogen (secondary N) is 1. The van der Waals surface area contributed by atoms with E-state index < -0.39 is 0 Å². The first-order chi connectivity index (χ1) is 12.3. The summed E-state index contributed by atoms with van der Waals surface area (Å²) >= 11 is 1.72. The lowest BCUT2D eigenvalue weighted by Crippen LogP contribution is -2.39. The predicted molar refractivity (Wildman–Crippen MR) is 101 cm³/mol. The summed E-state index contributed by atoms with van der Waals surface area (Å²) in [5, 5.41) is 7.76. The van der Waals surface area contributed by atoms with Gasteiger partial charge in [-0.1, -0.05) is 0 Å². The van der Waals surface area contributed by atoms with Crippen LogP contribution < -0.4 is 5.32 Å². The van der Waals surface area contributed by atoms with Gasteiger partial charge in [0.15, 0.2) is 0 Å². The minimum Gasteiger partial charge on any atom is -0.378 e. The van der Waals surface area contributed by atoms with Crippen LogP contribution in [0.2, 0.25) is 0 Å². The molecule has 0 bridgehead atoms. The van der Waals surface area contributed by atoms with Crippen LogP contribution in [0.1, 0.15) is 56.9 Å². The zero-order chi connectivity index (χ0) is 17.1. The van der Waals surface area contributed by atoms with Crippen LogP contribution >= 0.6 is 11.3 Å². The van der Waals surface area contributed by atoms with Gasteiger partial charge in [-0.15, -0.1) is 0 Å². The summed E-state index contributed by atoms with van der Waals surface area (Å²) in [4.78, 5) is 15.3. The minimum absolute atomic E-state index is 0.299. The molecule has 3 heterocycles. The number of thiophene rings is 1. The average Bonchev–Trinajstić information content (AvgIpc) is 3.08. The molecule has 1 aliphatic carbocycles. The van der Waals surface area contributed by atoms with Crippen LogP contribution in [0.5, 0.6) is 0 Å². The zero-order valence-corrected chi connectivity index (χ0v) is 15.9. The lowest BCUT2D eigenvalue weighted by atomic mass is 9.93. The van der Waals surface area contributed by atoms with Gasteiger partial charge in [-0.3, -0.25) is 4.79 Å². The molecular formula is C20H30N2O2S. The zero-order valence-electron chi connectivity index (χ0n) is 15.0. The molecule has 2 aliphatic heterocycles. The fourth-order valence-electron chi connectivity index (χ4n) is 4.64. The molecule has 4 nitrogen and oxygen atoms in total. The van der Waals surface area contributed by atoms with E-state index in [0.29, 0.717) is 29.9 Å². The Hall–Kier alpha value is -0.910. The fourth-order valence-corrected chi connectivity index (χ4v) is 5.30. The first kappa shape index (κ1) is 17.5. The molecule has 25 heavy (non-hydrogen) atoms. The van der Waals surface area contributed by atoms with Crippen LogP contribution in [-0.2, 0) is 16.1 Å². The van der Waals surface area contributed by atoms with E-state index in [1.54, 1.807) is 11.3 Å². The number of nitrogens with zero attached hydrogens (tertiary/aromatic N) is 1. The summed E-state index contributed by atoms with van der Waals surface area (Å²) in [6.45, 7) is 3.86. The van der Waals surface area contributed by atoms with E-state index in [9.17, 15) is 4.79 Å². The summed E-state index contributed by atoms with van der Waals surface area (Å²) in [5.74, 6) is 0.334. The van der Waals surface area contributed by atoms with Gasteiger partial charge in [0, 0.05) is 25.6 Å². The Bertz CT molecular complexity index is 562. The molecule has 1 N–H and O–H groups in total. The highest BCUT2D eigenvalue weighted by Gasteiger charge is 2.57. The van der Waals surface area contributed by atoms with Crippen molar-refractivity contribution in [3.63, 3.8) is 0 Å². The van der Waals surface area contributed by atoms with Crippen LogP contribution in [0, 0.1) is 5.41 Å². The highest BCUT2D eigenvalue weighted by molar-refractivity contribution is 7.07. The Kier molecular flexibility index (Phi) is 5.44. The summed E-state index contributed by atoms with van der Waals surface area (Å²) in [7, 11) is 0. The van der Waals surface area contributed by atoms with E-state index in [4.69, 9.17) is 4.74 Å². The van der Waals surface area contributed by atoms with E-state index >= 15 is 0 Å². The van der Waals surface area contributed by atoms with E-state index in [1.807, 2.05) is 0 Å². The van der Waals surface area contributed by atoms with Gasteiger partial charge >= 0.3 is 0 Å². The molecule has 3 aliphatic rings. The average molecular weight is 363 g/mol. The third-order valence-corrected chi connectivity index (χ3v) is 7.06. The molecule has 0 aromatic carbocycles. The van der Waals surface area contributed by atoms with Crippen molar-refractivity contribution in [2.24, 2.45) is 5.41 Å². The van der Waals surface area contributed by atoms with Crippen molar-refractivity contribution in [1.82, 2.24) is 10.2 Å². The smallest absolute Gasteiger partial charge is 0.223 e. The molecule has 1 saturated carbocycles. The van der Waals surface area contributed by atoms with Crippen molar-refractivity contribution in [2.45, 2.75) is 70.1 Å². The fraction of sp³-hybridized carbons (Fsp3) is 0.750. The van der Waals surface area contributed by atoms with Gasteiger partial charge in [-0.05, 0) is 85.8 Å². The summed E-state index contributed by atoms with van der Waals surface area (Å²) < 4.78 is 5.82. The maximum atomic E-state index is 13.1. The van der Waals surface area contributed by atoms with Gasteiger partial charge in [0.05, 0.1) is 6.10 Å². The Labute approximate surface area is 154 Å². The highest BCUT2D eigenvalue weighted by atomic mass is 32.1. The van der Waals surface area contributed by atoms with Crippen molar-refractivity contribution in [2.75, 3.05) is 19.7 Å². The Balaban J connectivity index is 1.39. The maximum absolute atomic E-state index is 13.1. The Morgan fingerprint density at radius 2 is 2.24 bits per heavy atom. The number of hydrogen-bond acceptors (Lipinski definition) is 4. The van der Waals surface area contributed by atoms with Crippen LogP contribution in [0.3, 0.4) is 0 Å². The van der Waals surface area contributed by atoms with Gasteiger partial charge < -0.3 is 15.0 Å². The van der Waals surface area contributed by atoms with E-state index in [-0.39, 0.29) is 0 Å². The molecule has 0 radical (unpaired) electrons. The lowest BCUT2D eigenvalue weighted by Gasteiger charge is -2.30. The van der Waals surface area contributed by atoms with E-state index in [0.717, 1.165) is 39.1 Å². The molecule has 1 amide bonds. The predicted octanol–water partition coefficient (Wildman–Crippen LogP) is 3.57. The van der Waals surface area contributed by atoms with Gasteiger partial charge in [-0.2, -0.15) is 11.3 Å². The van der Waals surface area contributed by atoms with Gasteiger partial charge in [0.25, 0.3) is 0 Å². The molecule has 1 aromatic heterocycles. The van der Waals surface area contributed by atoms with Crippen molar-refractivity contribution >= 4 is 17.2 Å². The Morgan fingerprint density at radius 3 is 2.96 bits per heavy atom. The first-order valence-electron chi connectivity index (χ1n) is 9.90. The molecule has 2 saturated heterocycles. The summed E-state index contributed by atoms with van der Waals surface area (Å²) in [6, 6.07) is 2.61. The maximum Gasteiger partial charge on any atom is 0.223 e. The number of ether oxygens (including phenoxy) is 1. The van der Waals surface area contributed by atoms with Crippen molar-refractivity contribution in [1.29, 1.82) is 0 Å². The monoisotopic (exact) mass is 362 g/mol. The van der Waals surface area contributed by atoms with Crippen LogP contribution in [0.15, 0.2) is 16.8 Å². The van der Waals surface area contributed by atoms with Crippen LogP contribution in [0.4, 0.5) is 0 Å². The van der Waals surface area contributed by atoms with Crippen molar-refractivity contribution < 1.29 is 9.53 Å². The molecule has 138 valence electrons. The normalized spacial score (nSPS) is 28.0. The molecule has 4 rings (SSSR count). The number of carbonyl (C=O) groups excluding carboxylic acids is 1. The van der Waals surface area contributed by atoms with Crippen LogP contribution in [0.25, 0.3) is 0 Å². The van der Waals surface area contributed by atoms with Crippen molar-refractivity contribution in [3.8, 4) is 0 Å². The topological polar surface area (TPSA) is 41.6 Å². The van der Waals surface area contributed by atoms with E-state index in [1.165, 1.54) is 37.7 Å². The number of hydrogen-bond donors (Lipinski definition) is 1. The molecule has 5 heteroatoms. The third-order valence-electron chi connectivity index (χ3n) is 6.33. The molecule has 1 aromatic rings.